The number of halogens is 1. The summed E-state index contributed by atoms with van der Waals surface area (Å²) in [7, 11) is 2.11. The van der Waals surface area contributed by atoms with E-state index in [0.29, 0.717) is 5.92 Å². The summed E-state index contributed by atoms with van der Waals surface area (Å²) in [6, 6.07) is 6.42. The number of carbonyl (C=O) groups is 1. The molecule has 0 amide bonds. The van der Waals surface area contributed by atoms with Crippen LogP contribution in [0.1, 0.15) is 51.5 Å². The largest absolute Gasteiger partial charge is 0.461 e. The van der Waals surface area contributed by atoms with E-state index in [1.54, 1.807) is 12.1 Å². The first-order chi connectivity index (χ1) is 11.9. The van der Waals surface area contributed by atoms with E-state index in [2.05, 4.69) is 18.9 Å². The van der Waals surface area contributed by atoms with E-state index in [1.165, 1.54) is 12.1 Å². The highest BCUT2D eigenvalue weighted by Gasteiger charge is 2.46. The topological polar surface area (TPSA) is 29.5 Å². The molecule has 1 aliphatic carbocycles. The Hall–Kier alpha value is -1.42. The molecule has 1 heterocycles. The third kappa shape index (κ3) is 3.74. The second-order valence-corrected chi connectivity index (χ2v) is 8.16. The zero-order valence-corrected chi connectivity index (χ0v) is 15.6. The number of piperidine rings is 1. The van der Waals surface area contributed by atoms with Crippen molar-refractivity contribution in [2.24, 2.45) is 11.8 Å². The van der Waals surface area contributed by atoms with Crippen LogP contribution >= 0.6 is 0 Å². The van der Waals surface area contributed by atoms with Crippen LogP contribution in [-0.4, -0.2) is 37.1 Å². The Bertz CT molecular complexity index is 596. The van der Waals surface area contributed by atoms with Crippen molar-refractivity contribution in [2.45, 2.75) is 57.5 Å². The van der Waals surface area contributed by atoms with Crippen molar-refractivity contribution in [3.8, 4) is 0 Å². The third-order valence-corrected chi connectivity index (χ3v) is 6.33. The van der Waals surface area contributed by atoms with Gasteiger partial charge in [0.25, 0.3) is 0 Å². The summed E-state index contributed by atoms with van der Waals surface area (Å²) in [5, 5.41) is 0. The van der Waals surface area contributed by atoms with E-state index in [0.717, 1.165) is 50.8 Å². The molecule has 1 aromatic carbocycles. The van der Waals surface area contributed by atoms with Crippen molar-refractivity contribution in [2.75, 3.05) is 20.1 Å². The van der Waals surface area contributed by atoms with Crippen LogP contribution in [0.5, 0.6) is 0 Å². The average molecular weight is 347 g/mol. The van der Waals surface area contributed by atoms with Crippen molar-refractivity contribution in [1.82, 2.24) is 4.90 Å². The van der Waals surface area contributed by atoms with E-state index in [4.69, 9.17) is 4.74 Å². The number of nitrogens with zero attached hydrogens (tertiary/aromatic N) is 1. The van der Waals surface area contributed by atoms with Crippen molar-refractivity contribution < 1.29 is 13.9 Å². The summed E-state index contributed by atoms with van der Waals surface area (Å²) in [4.78, 5) is 15.6. The van der Waals surface area contributed by atoms with Crippen LogP contribution in [0, 0.1) is 17.7 Å². The zero-order valence-electron chi connectivity index (χ0n) is 15.6. The molecular weight excluding hydrogens is 317 g/mol. The molecular formula is C21H30FNO2. The van der Waals surface area contributed by atoms with Gasteiger partial charge in [0.2, 0.25) is 0 Å². The van der Waals surface area contributed by atoms with Crippen LogP contribution in [0.25, 0.3) is 0 Å². The molecule has 0 radical (unpaired) electrons. The van der Waals surface area contributed by atoms with Gasteiger partial charge < -0.3 is 9.64 Å². The zero-order chi connectivity index (χ0) is 18.0. The number of esters is 1. The van der Waals surface area contributed by atoms with Crippen molar-refractivity contribution in [3.63, 3.8) is 0 Å². The molecule has 3 rings (SSSR count). The maximum Gasteiger partial charge on any atom is 0.316 e. The minimum atomic E-state index is -0.687. The van der Waals surface area contributed by atoms with Gasteiger partial charge in [0.15, 0.2) is 0 Å². The number of benzene rings is 1. The molecule has 25 heavy (non-hydrogen) atoms. The van der Waals surface area contributed by atoms with E-state index in [-0.39, 0.29) is 23.8 Å². The van der Waals surface area contributed by atoms with Crippen LogP contribution in [0.2, 0.25) is 0 Å². The van der Waals surface area contributed by atoms with E-state index >= 15 is 0 Å². The fraction of sp³-hybridized carbons (Fsp3) is 0.667. The molecule has 1 saturated heterocycles. The fourth-order valence-electron chi connectivity index (χ4n) is 4.59. The first kappa shape index (κ1) is 18.4. The standard InChI is InChI=1S/C21H30FNO2/c1-15-14-23(3)13-12-19(15)25-20(24)21(2,16-6-4-5-7-16)17-8-10-18(22)11-9-17/h8-11,15-16,19H,4-7,12-14H2,1-3H3. The van der Waals surface area contributed by atoms with Gasteiger partial charge in [0.1, 0.15) is 11.9 Å². The molecule has 4 heteroatoms. The molecule has 0 aromatic heterocycles. The predicted molar refractivity (Wildman–Crippen MR) is 96.9 cm³/mol. The van der Waals surface area contributed by atoms with Gasteiger partial charge in [0.05, 0.1) is 5.41 Å². The fourth-order valence-corrected chi connectivity index (χ4v) is 4.59. The van der Waals surface area contributed by atoms with Gasteiger partial charge in [-0.2, -0.15) is 0 Å². The van der Waals surface area contributed by atoms with Gasteiger partial charge in [-0.1, -0.05) is 31.9 Å². The predicted octanol–water partition coefficient (Wildman–Crippen LogP) is 4.16. The van der Waals surface area contributed by atoms with Gasteiger partial charge in [-0.3, -0.25) is 4.79 Å². The Kier molecular flexibility index (Phi) is 5.47. The number of hydrogen-bond acceptors (Lipinski definition) is 3. The number of ether oxygens (including phenoxy) is 1. The average Bonchev–Trinajstić information content (AvgIpc) is 3.12. The molecule has 138 valence electrons. The molecule has 1 saturated carbocycles. The van der Waals surface area contributed by atoms with Crippen LogP contribution in [0.3, 0.4) is 0 Å². The lowest BCUT2D eigenvalue weighted by atomic mass is 9.70. The molecule has 0 spiro atoms. The number of rotatable bonds is 4. The van der Waals surface area contributed by atoms with Gasteiger partial charge in [-0.25, -0.2) is 4.39 Å². The summed E-state index contributed by atoms with van der Waals surface area (Å²) in [5.41, 5.74) is 0.194. The lowest BCUT2D eigenvalue weighted by molar-refractivity contribution is -0.163. The van der Waals surface area contributed by atoms with Crippen molar-refractivity contribution in [3.05, 3.63) is 35.6 Å². The second-order valence-electron chi connectivity index (χ2n) is 8.16. The Morgan fingerprint density at radius 1 is 1.20 bits per heavy atom. The molecule has 2 aliphatic rings. The summed E-state index contributed by atoms with van der Waals surface area (Å²) in [5.74, 6) is 0.206. The first-order valence-electron chi connectivity index (χ1n) is 9.57. The minimum absolute atomic E-state index is 0.0233. The van der Waals surface area contributed by atoms with Gasteiger partial charge in [-0.15, -0.1) is 0 Å². The number of hydrogen-bond donors (Lipinski definition) is 0. The third-order valence-electron chi connectivity index (χ3n) is 6.33. The molecule has 0 bridgehead atoms. The summed E-state index contributed by atoms with van der Waals surface area (Å²) in [6.45, 7) is 6.06. The quantitative estimate of drug-likeness (QED) is 0.766. The Morgan fingerprint density at radius 2 is 1.84 bits per heavy atom. The van der Waals surface area contributed by atoms with Crippen LogP contribution < -0.4 is 0 Å². The lowest BCUT2D eigenvalue weighted by Gasteiger charge is -2.39. The molecule has 1 aromatic rings. The SMILES string of the molecule is CC1CN(C)CCC1OC(=O)C(C)(c1ccc(F)cc1)C1CCCC1. The normalized spacial score (nSPS) is 27.8. The van der Waals surface area contributed by atoms with Crippen LogP contribution in [-0.2, 0) is 14.9 Å². The highest BCUT2D eigenvalue weighted by Crippen LogP contribution is 2.43. The van der Waals surface area contributed by atoms with E-state index < -0.39 is 5.41 Å². The van der Waals surface area contributed by atoms with Gasteiger partial charge in [0, 0.05) is 19.0 Å². The number of likely N-dealkylation sites (tertiary alicyclic amines) is 1. The molecule has 1 aliphatic heterocycles. The second kappa shape index (κ2) is 7.45. The Balaban J connectivity index is 1.83. The van der Waals surface area contributed by atoms with Crippen LogP contribution in [0.15, 0.2) is 24.3 Å². The molecule has 3 atom stereocenters. The van der Waals surface area contributed by atoms with Gasteiger partial charge >= 0.3 is 5.97 Å². The summed E-state index contributed by atoms with van der Waals surface area (Å²) < 4.78 is 19.4. The summed E-state index contributed by atoms with van der Waals surface area (Å²) in [6.07, 6.45) is 5.23. The van der Waals surface area contributed by atoms with Crippen LogP contribution in [0.4, 0.5) is 4.39 Å². The van der Waals surface area contributed by atoms with E-state index in [9.17, 15) is 9.18 Å². The molecule has 3 unspecified atom stereocenters. The first-order valence-corrected chi connectivity index (χ1v) is 9.57. The van der Waals surface area contributed by atoms with Gasteiger partial charge in [-0.05, 0) is 56.8 Å². The maximum atomic E-state index is 13.4. The Morgan fingerprint density at radius 3 is 2.44 bits per heavy atom. The Labute approximate surface area is 150 Å². The van der Waals surface area contributed by atoms with Crippen molar-refractivity contribution >= 4 is 5.97 Å². The minimum Gasteiger partial charge on any atom is -0.461 e. The van der Waals surface area contributed by atoms with Crippen molar-refractivity contribution in [1.29, 1.82) is 0 Å². The van der Waals surface area contributed by atoms with E-state index in [1.807, 2.05) is 6.92 Å². The summed E-state index contributed by atoms with van der Waals surface area (Å²) >= 11 is 0. The molecule has 3 nitrogen and oxygen atoms in total. The smallest absolute Gasteiger partial charge is 0.316 e. The monoisotopic (exact) mass is 347 g/mol. The maximum absolute atomic E-state index is 13.4. The highest BCUT2D eigenvalue weighted by molar-refractivity contribution is 5.83. The molecule has 0 N–H and O–H groups in total. The lowest BCUT2D eigenvalue weighted by Crippen LogP contribution is -2.47. The number of carbonyl (C=O) groups excluding carboxylic acids is 1. The highest BCUT2D eigenvalue weighted by atomic mass is 19.1. The molecule has 2 fully saturated rings.